The van der Waals surface area contributed by atoms with Crippen LogP contribution in [0.25, 0.3) is 10.6 Å². The maximum absolute atomic E-state index is 12.5. The van der Waals surface area contributed by atoms with Crippen LogP contribution in [0.3, 0.4) is 0 Å². The molecule has 0 bridgehead atoms. The molecule has 0 aliphatic carbocycles. The van der Waals surface area contributed by atoms with Gasteiger partial charge in [0.15, 0.2) is 5.75 Å². The van der Waals surface area contributed by atoms with E-state index in [0.717, 1.165) is 30.0 Å². The van der Waals surface area contributed by atoms with Crippen LogP contribution in [-0.4, -0.2) is 68.9 Å². The highest BCUT2D eigenvalue weighted by atomic mass is 32.1. The molecule has 2 heterocycles. The third-order valence-electron chi connectivity index (χ3n) is 4.77. The minimum atomic E-state index is -0.0957. The van der Waals surface area contributed by atoms with E-state index in [2.05, 4.69) is 27.3 Å². The molecule has 0 radical (unpaired) electrons. The molecule has 1 aliphatic heterocycles. The molecule has 1 amide bonds. The number of hydrogen-bond acceptors (Lipinski definition) is 7. The second-order valence-corrected chi connectivity index (χ2v) is 7.97. The lowest BCUT2D eigenvalue weighted by atomic mass is 10.1. The van der Waals surface area contributed by atoms with Crippen LogP contribution in [0.1, 0.15) is 23.2 Å². The number of aromatic nitrogens is 1. The summed E-state index contributed by atoms with van der Waals surface area (Å²) < 4.78 is 6.21. The van der Waals surface area contributed by atoms with Crippen molar-refractivity contribution in [1.29, 1.82) is 0 Å². The summed E-state index contributed by atoms with van der Waals surface area (Å²) in [5.74, 6) is 0.528. The van der Waals surface area contributed by atoms with E-state index in [9.17, 15) is 4.79 Å². The monoisotopic (exact) mass is 401 g/mol. The first-order valence-electron chi connectivity index (χ1n) is 9.33. The largest absolute Gasteiger partial charge is 0.489 e. The number of nitrogens with zero attached hydrogens (tertiary/aromatic N) is 3. The summed E-state index contributed by atoms with van der Waals surface area (Å²) in [7, 11) is 5.42. The highest BCUT2D eigenvalue weighted by molar-refractivity contribution is 7.13. The highest BCUT2D eigenvalue weighted by Gasteiger charge is 2.25. The molecule has 2 atom stereocenters. The summed E-state index contributed by atoms with van der Waals surface area (Å²) in [6.07, 6.45) is 3.93. The van der Waals surface area contributed by atoms with Crippen LogP contribution in [-0.2, 0) is 0 Å². The molecule has 1 fully saturated rings. The van der Waals surface area contributed by atoms with Crippen LogP contribution in [0, 0.1) is 0 Å². The molecule has 7 nitrogen and oxygen atoms in total. The van der Waals surface area contributed by atoms with Crippen molar-refractivity contribution < 1.29 is 9.53 Å². The van der Waals surface area contributed by atoms with E-state index in [4.69, 9.17) is 4.74 Å². The summed E-state index contributed by atoms with van der Waals surface area (Å²) in [5.41, 5.74) is 1.87. The minimum absolute atomic E-state index is 0.0957. The second kappa shape index (κ2) is 9.27. The van der Waals surface area contributed by atoms with E-state index >= 15 is 0 Å². The van der Waals surface area contributed by atoms with Gasteiger partial charge in [0, 0.05) is 49.9 Å². The number of ether oxygens (including phenoxy) is 1. The van der Waals surface area contributed by atoms with E-state index in [1.54, 1.807) is 31.3 Å². The molecule has 0 saturated carbocycles. The fraction of sp³-hybridized carbons (Fsp3) is 0.450. The third kappa shape index (κ3) is 4.57. The molecule has 2 unspecified atom stereocenters. The summed E-state index contributed by atoms with van der Waals surface area (Å²) in [4.78, 5) is 22.6. The van der Waals surface area contributed by atoms with Gasteiger partial charge in [-0.2, -0.15) is 0 Å². The normalized spacial score (nSPS) is 18.8. The number of rotatable bonds is 8. The van der Waals surface area contributed by atoms with Crippen molar-refractivity contribution in [3.05, 3.63) is 29.3 Å². The molecule has 2 N–H and O–H groups in total. The molecule has 1 aliphatic rings. The zero-order valence-corrected chi connectivity index (χ0v) is 17.4. The van der Waals surface area contributed by atoms with E-state index in [1.807, 2.05) is 18.5 Å². The van der Waals surface area contributed by atoms with Gasteiger partial charge in [0.2, 0.25) is 0 Å². The van der Waals surface area contributed by atoms with Crippen LogP contribution in [0.5, 0.6) is 5.75 Å². The summed E-state index contributed by atoms with van der Waals surface area (Å²) >= 11 is 1.50. The third-order valence-corrected chi connectivity index (χ3v) is 5.58. The van der Waals surface area contributed by atoms with Gasteiger partial charge in [-0.05, 0) is 38.7 Å². The Hall–Kier alpha value is -2.29. The van der Waals surface area contributed by atoms with Crippen molar-refractivity contribution >= 4 is 29.6 Å². The summed E-state index contributed by atoms with van der Waals surface area (Å²) in [6, 6.07) is 4.31. The molecule has 2 aromatic rings. The first-order valence-corrected chi connectivity index (χ1v) is 10.2. The van der Waals surface area contributed by atoms with E-state index in [0.29, 0.717) is 29.6 Å². The average molecular weight is 402 g/mol. The predicted octanol–water partition coefficient (Wildman–Crippen LogP) is 2.56. The zero-order chi connectivity index (χ0) is 20.1. The van der Waals surface area contributed by atoms with Gasteiger partial charge in [0.1, 0.15) is 17.3 Å². The fourth-order valence-electron chi connectivity index (χ4n) is 3.40. The average Bonchev–Trinajstić information content (AvgIpc) is 3.37. The van der Waals surface area contributed by atoms with Gasteiger partial charge < -0.3 is 20.3 Å². The molecule has 150 valence electrons. The maximum atomic E-state index is 12.5. The number of likely N-dealkylation sites (N-methyl/N-ethyl adjacent to an activating group) is 1. The van der Waals surface area contributed by atoms with Crippen LogP contribution in [0.2, 0.25) is 0 Å². The van der Waals surface area contributed by atoms with Gasteiger partial charge >= 0.3 is 0 Å². The van der Waals surface area contributed by atoms with Crippen LogP contribution >= 0.6 is 11.3 Å². The SMILES string of the molecule is C=Nc1cc(C(=O)N(C)C)cc(-c2nccs2)c1OCC1CCC(CNC)N1. The number of hydrogen-bond donors (Lipinski definition) is 2. The lowest BCUT2D eigenvalue weighted by Gasteiger charge is -2.19. The Kier molecular flexibility index (Phi) is 6.77. The summed E-state index contributed by atoms with van der Waals surface area (Å²) in [5, 5.41) is 9.49. The predicted molar refractivity (Wildman–Crippen MR) is 114 cm³/mol. The highest BCUT2D eigenvalue weighted by Crippen LogP contribution is 2.40. The van der Waals surface area contributed by atoms with Crippen molar-refractivity contribution in [3.8, 4) is 16.3 Å². The van der Waals surface area contributed by atoms with Crippen LogP contribution < -0.4 is 15.4 Å². The minimum Gasteiger partial charge on any atom is -0.489 e. The number of thiazole rings is 1. The first kappa shape index (κ1) is 20.4. The Bertz CT molecular complexity index is 822. The van der Waals surface area contributed by atoms with Crippen molar-refractivity contribution in [1.82, 2.24) is 20.5 Å². The Morgan fingerprint density at radius 3 is 2.86 bits per heavy atom. The number of carbonyl (C=O) groups is 1. The van der Waals surface area contributed by atoms with Crippen molar-refractivity contribution in [3.63, 3.8) is 0 Å². The molecular formula is C20H27N5O2S. The standard InChI is InChI=1S/C20H27N5O2S/c1-21-11-14-5-6-15(24-14)12-27-18-16(19-23-7-8-28-19)9-13(10-17(18)22-2)20(26)25(3)4/h7-10,14-15,21,24H,2,5-6,11-12H2,1,3-4H3. The van der Waals surface area contributed by atoms with Crippen LogP contribution in [0.4, 0.5) is 5.69 Å². The second-order valence-electron chi connectivity index (χ2n) is 7.07. The quantitative estimate of drug-likeness (QED) is 0.665. The van der Waals surface area contributed by atoms with Crippen molar-refractivity contribution in [2.75, 3.05) is 34.3 Å². The van der Waals surface area contributed by atoms with Gasteiger partial charge in [-0.1, -0.05) is 0 Å². The van der Waals surface area contributed by atoms with Gasteiger partial charge in [-0.15, -0.1) is 11.3 Å². The van der Waals surface area contributed by atoms with E-state index < -0.39 is 0 Å². The van der Waals surface area contributed by atoms with Gasteiger partial charge in [-0.25, -0.2) is 4.98 Å². The first-order chi connectivity index (χ1) is 13.5. The zero-order valence-electron chi connectivity index (χ0n) is 16.6. The molecule has 3 rings (SSSR count). The Balaban J connectivity index is 1.88. The molecule has 1 saturated heterocycles. The Labute approximate surface area is 169 Å². The number of amides is 1. The molecule has 28 heavy (non-hydrogen) atoms. The molecule has 8 heteroatoms. The molecule has 1 aromatic carbocycles. The van der Waals surface area contributed by atoms with Crippen LogP contribution in [0.15, 0.2) is 28.7 Å². The topological polar surface area (TPSA) is 78.9 Å². The fourth-order valence-corrected chi connectivity index (χ4v) is 4.06. The Morgan fingerprint density at radius 2 is 2.21 bits per heavy atom. The maximum Gasteiger partial charge on any atom is 0.253 e. The number of nitrogens with one attached hydrogen (secondary N) is 2. The van der Waals surface area contributed by atoms with E-state index in [1.165, 1.54) is 11.3 Å². The van der Waals surface area contributed by atoms with Gasteiger partial charge in [0.05, 0.1) is 5.56 Å². The molecular weight excluding hydrogens is 374 g/mol. The Morgan fingerprint density at radius 1 is 1.43 bits per heavy atom. The molecule has 0 spiro atoms. The summed E-state index contributed by atoms with van der Waals surface area (Å²) in [6.45, 7) is 5.16. The van der Waals surface area contributed by atoms with Gasteiger partial charge in [-0.3, -0.25) is 9.79 Å². The lowest BCUT2D eigenvalue weighted by Crippen LogP contribution is -2.38. The lowest BCUT2D eigenvalue weighted by molar-refractivity contribution is 0.0827. The van der Waals surface area contributed by atoms with Crippen molar-refractivity contribution in [2.45, 2.75) is 24.9 Å². The molecule has 1 aromatic heterocycles. The van der Waals surface area contributed by atoms with E-state index in [-0.39, 0.29) is 11.9 Å². The number of aliphatic imine (C=N–C) groups is 1. The van der Waals surface area contributed by atoms with Crippen molar-refractivity contribution in [2.24, 2.45) is 4.99 Å². The number of benzene rings is 1. The van der Waals surface area contributed by atoms with Gasteiger partial charge in [0.25, 0.3) is 5.91 Å². The smallest absolute Gasteiger partial charge is 0.253 e. The number of carbonyl (C=O) groups excluding carboxylic acids is 1.